The molecule has 0 aromatic carbocycles. The van der Waals surface area contributed by atoms with Crippen molar-refractivity contribution in [2.45, 2.75) is 97.9 Å². The average Bonchev–Trinajstić information content (AvgIpc) is 2.93. The lowest BCUT2D eigenvalue weighted by atomic mass is 9.52. The Labute approximate surface area is 209 Å². The van der Waals surface area contributed by atoms with E-state index in [1.54, 1.807) is 6.08 Å². The summed E-state index contributed by atoms with van der Waals surface area (Å²) < 4.78 is 11.6. The molecule has 0 bridgehead atoms. The molecule has 2 aliphatic heterocycles. The number of ether oxygens (including phenoxy) is 2. The third-order valence-electron chi connectivity index (χ3n) is 10.6. The Balaban J connectivity index is 1.50. The lowest BCUT2D eigenvalue weighted by Crippen LogP contribution is -2.48. The Morgan fingerprint density at radius 2 is 1.86 bits per heavy atom. The van der Waals surface area contributed by atoms with Gasteiger partial charge in [-0.15, -0.1) is 0 Å². The Kier molecular flexibility index (Phi) is 5.75. The molecule has 0 radical (unpaired) electrons. The van der Waals surface area contributed by atoms with Crippen LogP contribution in [0.2, 0.25) is 0 Å². The van der Waals surface area contributed by atoms with Crippen molar-refractivity contribution in [3.63, 3.8) is 0 Å². The van der Waals surface area contributed by atoms with Crippen molar-refractivity contribution in [2.75, 3.05) is 0 Å². The second-order valence-electron chi connectivity index (χ2n) is 12.5. The SMILES string of the molecule is CC1=CC[C@H]([C@@H](C)[C@H]2C[C@@H](O)[C@@]3(C)C4=C(C=C5C=CC(=O)OC(C)(C)[C@@H]5CC4)CC[C@]23C)OC1=O. The number of carbonyl (C=O) groups is 2. The summed E-state index contributed by atoms with van der Waals surface area (Å²) in [6.45, 7) is 12.7. The summed E-state index contributed by atoms with van der Waals surface area (Å²) >= 11 is 0. The number of fused-ring (bicyclic) bond motifs is 3. The van der Waals surface area contributed by atoms with E-state index in [0.29, 0.717) is 5.57 Å². The van der Waals surface area contributed by atoms with Crippen LogP contribution in [0.15, 0.2) is 46.6 Å². The van der Waals surface area contributed by atoms with Gasteiger partial charge in [0.2, 0.25) is 0 Å². The van der Waals surface area contributed by atoms with Crippen molar-refractivity contribution in [1.82, 2.24) is 0 Å². The fraction of sp³-hybridized carbons (Fsp3) is 0.667. The highest BCUT2D eigenvalue weighted by Crippen LogP contribution is 2.68. The summed E-state index contributed by atoms with van der Waals surface area (Å²) in [5.74, 6) is 0.0650. The van der Waals surface area contributed by atoms with E-state index in [1.165, 1.54) is 11.1 Å². The van der Waals surface area contributed by atoms with E-state index in [9.17, 15) is 14.7 Å². The molecule has 1 saturated carbocycles. The van der Waals surface area contributed by atoms with Gasteiger partial charge in [0.05, 0.1) is 6.10 Å². The van der Waals surface area contributed by atoms with Gasteiger partial charge in [-0.1, -0.05) is 44.6 Å². The van der Waals surface area contributed by atoms with Gasteiger partial charge in [-0.2, -0.15) is 0 Å². The van der Waals surface area contributed by atoms with Gasteiger partial charge in [-0.25, -0.2) is 9.59 Å². The van der Waals surface area contributed by atoms with E-state index >= 15 is 0 Å². The molecule has 5 aliphatic rings. The summed E-state index contributed by atoms with van der Waals surface area (Å²) in [6.07, 6.45) is 12.4. The van der Waals surface area contributed by atoms with E-state index in [-0.39, 0.29) is 46.6 Å². The topological polar surface area (TPSA) is 72.8 Å². The zero-order valence-electron chi connectivity index (χ0n) is 22.0. The Bertz CT molecular complexity index is 1070. The molecule has 0 saturated heterocycles. The quantitative estimate of drug-likeness (QED) is 0.521. The van der Waals surface area contributed by atoms with Crippen molar-refractivity contribution in [3.8, 4) is 0 Å². The van der Waals surface area contributed by atoms with Crippen LogP contribution in [0, 0.1) is 28.6 Å². The standard InChI is InChI=1S/C30H40O5/c1-17-7-11-24(34-27(17)33)18(2)23-16-25(31)30(6)22-10-9-21-19(8-12-26(32)35-28(21,3)4)15-20(22)13-14-29(23,30)5/h7-8,12,15,18,21,23-25,31H,9-11,13-14,16H2,1-6H3/t18-,21+,23+,24+,25+,29+,30+/m0/s1. The first kappa shape index (κ1) is 24.5. The number of rotatable bonds is 2. The molecule has 2 heterocycles. The van der Waals surface area contributed by atoms with Gasteiger partial charge in [0.1, 0.15) is 11.7 Å². The minimum absolute atomic E-state index is 0.0873. The molecule has 5 nitrogen and oxygen atoms in total. The van der Waals surface area contributed by atoms with Crippen LogP contribution in [0.5, 0.6) is 0 Å². The third kappa shape index (κ3) is 3.60. The van der Waals surface area contributed by atoms with Crippen LogP contribution in [0.3, 0.4) is 0 Å². The van der Waals surface area contributed by atoms with Crippen LogP contribution >= 0.6 is 0 Å². The molecule has 0 unspecified atom stereocenters. The maximum Gasteiger partial charge on any atom is 0.333 e. The first-order valence-corrected chi connectivity index (χ1v) is 13.3. The summed E-state index contributed by atoms with van der Waals surface area (Å²) in [5.41, 5.74) is 3.55. The average molecular weight is 481 g/mol. The largest absolute Gasteiger partial charge is 0.458 e. The minimum atomic E-state index is -0.576. The van der Waals surface area contributed by atoms with Gasteiger partial charge < -0.3 is 14.6 Å². The third-order valence-corrected chi connectivity index (χ3v) is 10.6. The van der Waals surface area contributed by atoms with Crippen LogP contribution in [0.4, 0.5) is 0 Å². The normalized spacial score (nSPS) is 41.3. The number of esters is 2. The fourth-order valence-electron chi connectivity index (χ4n) is 8.18. The maximum absolute atomic E-state index is 12.3. The van der Waals surface area contributed by atoms with Crippen molar-refractivity contribution in [3.05, 3.63) is 46.6 Å². The molecular formula is C30H40O5. The van der Waals surface area contributed by atoms with Crippen LogP contribution in [0.1, 0.15) is 80.1 Å². The van der Waals surface area contributed by atoms with Crippen molar-refractivity contribution < 1.29 is 24.2 Å². The molecule has 0 amide bonds. The summed E-state index contributed by atoms with van der Waals surface area (Å²) in [6, 6.07) is 0. The molecule has 35 heavy (non-hydrogen) atoms. The van der Waals surface area contributed by atoms with Gasteiger partial charge in [0, 0.05) is 29.4 Å². The monoisotopic (exact) mass is 480 g/mol. The van der Waals surface area contributed by atoms with Crippen molar-refractivity contribution in [1.29, 1.82) is 0 Å². The van der Waals surface area contributed by atoms with E-state index in [4.69, 9.17) is 9.47 Å². The maximum atomic E-state index is 12.3. The van der Waals surface area contributed by atoms with E-state index in [0.717, 1.165) is 44.1 Å². The van der Waals surface area contributed by atoms with Crippen molar-refractivity contribution >= 4 is 11.9 Å². The molecule has 190 valence electrons. The number of hydrogen-bond acceptors (Lipinski definition) is 5. The highest BCUT2D eigenvalue weighted by Gasteiger charge is 2.64. The van der Waals surface area contributed by atoms with Gasteiger partial charge in [-0.3, -0.25) is 0 Å². The second kappa shape index (κ2) is 8.19. The Hall–Kier alpha value is -2.14. The predicted molar refractivity (Wildman–Crippen MR) is 134 cm³/mol. The van der Waals surface area contributed by atoms with Gasteiger partial charge in [0.15, 0.2) is 0 Å². The number of carbonyl (C=O) groups excluding carboxylic acids is 2. The summed E-state index contributed by atoms with van der Waals surface area (Å²) in [7, 11) is 0. The van der Waals surface area contributed by atoms with E-state index in [2.05, 4.69) is 26.8 Å². The van der Waals surface area contributed by atoms with E-state index < -0.39 is 11.7 Å². The molecule has 0 aromatic rings. The number of hydrogen-bond donors (Lipinski definition) is 1. The smallest absolute Gasteiger partial charge is 0.333 e. The molecule has 0 spiro atoms. The molecule has 3 aliphatic carbocycles. The van der Waals surface area contributed by atoms with Gasteiger partial charge in [0.25, 0.3) is 0 Å². The van der Waals surface area contributed by atoms with Gasteiger partial charge in [-0.05, 0) is 81.3 Å². The number of aliphatic hydroxyl groups is 1. The lowest BCUT2D eigenvalue weighted by molar-refractivity contribution is -0.153. The van der Waals surface area contributed by atoms with Crippen LogP contribution in [-0.4, -0.2) is 34.9 Å². The fourth-order valence-corrected chi connectivity index (χ4v) is 8.18. The Morgan fingerprint density at radius 1 is 1.11 bits per heavy atom. The Morgan fingerprint density at radius 3 is 2.57 bits per heavy atom. The lowest BCUT2D eigenvalue weighted by Gasteiger charge is -2.53. The molecule has 7 atom stereocenters. The van der Waals surface area contributed by atoms with Crippen LogP contribution in [-0.2, 0) is 19.1 Å². The predicted octanol–water partition coefficient (Wildman–Crippen LogP) is 5.60. The first-order chi connectivity index (χ1) is 16.4. The molecule has 5 heteroatoms. The zero-order valence-corrected chi connectivity index (χ0v) is 22.0. The number of aliphatic hydroxyl groups excluding tert-OH is 1. The number of cyclic esters (lactones) is 2. The molecule has 0 aromatic heterocycles. The molecular weight excluding hydrogens is 440 g/mol. The molecule has 1 fully saturated rings. The second-order valence-corrected chi connectivity index (χ2v) is 12.5. The number of allylic oxidation sites excluding steroid dienone is 3. The molecule has 1 N–H and O–H groups in total. The van der Waals surface area contributed by atoms with Crippen LogP contribution in [0.25, 0.3) is 0 Å². The zero-order chi connectivity index (χ0) is 25.3. The summed E-state index contributed by atoms with van der Waals surface area (Å²) in [4.78, 5) is 24.4. The minimum Gasteiger partial charge on any atom is -0.458 e. The first-order valence-electron chi connectivity index (χ1n) is 13.3. The molecule has 5 rings (SSSR count). The van der Waals surface area contributed by atoms with Crippen LogP contribution < -0.4 is 0 Å². The van der Waals surface area contributed by atoms with E-state index in [1.807, 2.05) is 32.9 Å². The highest BCUT2D eigenvalue weighted by molar-refractivity contribution is 5.88. The van der Waals surface area contributed by atoms with Crippen molar-refractivity contribution in [2.24, 2.45) is 28.6 Å². The summed E-state index contributed by atoms with van der Waals surface area (Å²) in [5, 5.41) is 11.7. The highest BCUT2D eigenvalue weighted by atomic mass is 16.6. The van der Waals surface area contributed by atoms with Gasteiger partial charge >= 0.3 is 11.9 Å².